The zero-order chi connectivity index (χ0) is 12.6. The van der Waals surface area contributed by atoms with Crippen LogP contribution in [0, 0.1) is 5.41 Å². The van der Waals surface area contributed by atoms with E-state index in [1.807, 2.05) is 18.2 Å². The highest BCUT2D eigenvalue weighted by Crippen LogP contribution is 2.35. The molecule has 1 saturated heterocycles. The number of rotatable bonds is 2. The standard InChI is InChI=1S/C13H18ClN3/c1-13(2)6-3-7-17(13)9-4-5-10(12(15)16)11(14)8-9/h4-5,8H,3,6-7H2,1-2H3,(H3,15,16). The van der Waals surface area contributed by atoms with E-state index in [2.05, 4.69) is 18.7 Å². The van der Waals surface area contributed by atoms with Gasteiger partial charge in [-0.05, 0) is 44.9 Å². The molecule has 0 saturated carbocycles. The van der Waals surface area contributed by atoms with Crippen LogP contribution in [-0.4, -0.2) is 17.9 Å². The lowest BCUT2D eigenvalue weighted by atomic mass is 10.0. The molecule has 0 radical (unpaired) electrons. The summed E-state index contributed by atoms with van der Waals surface area (Å²) in [5.41, 5.74) is 7.36. The molecule has 4 heteroatoms. The summed E-state index contributed by atoms with van der Waals surface area (Å²) >= 11 is 6.15. The lowest BCUT2D eigenvalue weighted by molar-refractivity contribution is 0.518. The van der Waals surface area contributed by atoms with Crippen LogP contribution < -0.4 is 10.6 Å². The van der Waals surface area contributed by atoms with E-state index in [0.29, 0.717) is 10.6 Å². The van der Waals surface area contributed by atoms with Gasteiger partial charge < -0.3 is 10.6 Å². The first kappa shape index (κ1) is 12.2. The van der Waals surface area contributed by atoms with Crippen molar-refractivity contribution in [1.82, 2.24) is 0 Å². The van der Waals surface area contributed by atoms with Crippen LogP contribution in [0.25, 0.3) is 0 Å². The Kier molecular flexibility index (Phi) is 3.04. The maximum Gasteiger partial charge on any atom is 0.124 e. The number of hydrogen-bond acceptors (Lipinski definition) is 2. The molecule has 2 rings (SSSR count). The fourth-order valence-corrected chi connectivity index (χ4v) is 2.75. The number of halogens is 1. The first-order valence-electron chi connectivity index (χ1n) is 5.83. The quantitative estimate of drug-likeness (QED) is 0.627. The average molecular weight is 252 g/mol. The summed E-state index contributed by atoms with van der Waals surface area (Å²) in [5.74, 6) is 0.0160. The summed E-state index contributed by atoms with van der Waals surface area (Å²) in [5, 5.41) is 7.97. The molecule has 92 valence electrons. The van der Waals surface area contributed by atoms with Gasteiger partial charge in [-0.3, -0.25) is 5.41 Å². The summed E-state index contributed by atoms with van der Waals surface area (Å²) in [4.78, 5) is 2.36. The van der Waals surface area contributed by atoms with Gasteiger partial charge in [-0.2, -0.15) is 0 Å². The predicted octanol–water partition coefficient (Wildman–Crippen LogP) is 3.00. The fourth-order valence-electron chi connectivity index (χ4n) is 2.48. The van der Waals surface area contributed by atoms with E-state index in [4.69, 9.17) is 22.7 Å². The maximum absolute atomic E-state index is 7.41. The zero-order valence-electron chi connectivity index (χ0n) is 10.3. The van der Waals surface area contributed by atoms with Crippen molar-refractivity contribution in [3.05, 3.63) is 28.8 Å². The molecule has 17 heavy (non-hydrogen) atoms. The molecule has 0 bridgehead atoms. The van der Waals surface area contributed by atoms with Crippen molar-refractivity contribution in [3.63, 3.8) is 0 Å². The Labute approximate surface area is 107 Å². The second-order valence-electron chi connectivity index (χ2n) is 5.15. The van der Waals surface area contributed by atoms with E-state index < -0.39 is 0 Å². The first-order chi connectivity index (χ1) is 7.92. The second kappa shape index (κ2) is 4.22. The van der Waals surface area contributed by atoms with Crippen molar-refractivity contribution in [1.29, 1.82) is 5.41 Å². The molecule has 0 unspecified atom stereocenters. The fraction of sp³-hybridized carbons (Fsp3) is 0.462. The molecule has 0 aliphatic carbocycles. The molecule has 0 spiro atoms. The van der Waals surface area contributed by atoms with E-state index >= 15 is 0 Å². The molecule has 1 aromatic rings. The summed E-state index contributed by atoms with van der Waals surface area (Å²) in [6.07, 6.45) is 2.40. The lowest BCUT2D eigenvalue weighted by Crippen LogP contribution is -2.38. The molecule has 1 fully saturated rings. The molecule has 1 aromatic carbocycles. The van der Waals surface area contributed by atoms with Crippen molar-refractivity contribution in [3.8, 4) is 0 Å². The van der Waals surface area contributed by atoms with Crippen LogP contribution in [0.5, 0.6) is 0 Å². The molecule has 1 aliphatic rings. The van der Waals surface area contributed by atoms with Crippen molar-refractivity contribution in [2.45, 2.75) is 32.2 Å². The molecule has 1 aliphatic heterocycles. The molecule has 0 atom stereocenters. The minimum Gasteiger partial charge on any atom is -0.384 e. The maximum atomic E-state index is 7.41. The van der Waals surface area contributed by atoms with Gasteiger partial charge in [-0.1, -0.05) is 11.6 Å². The average Bonchev–Trinajstić information content (AvgIpc) is 2.57. The molecular weight excluding hydrogens is 234 g/mol. The third kappa shape index (κ3) is 2.25. The Bertz CT molecular complexity index is 454. The number of nitrogens with one attached hydrogen (secondary N) is 1. The zero-order valence-corrected chi connectivity index (χ0v) is 11.0. The minimum absolute atomic E-state index is 0.0160. The van der Waals surface area contributed by atoms with Gasteiger partial charge in [-0.15, -0.1) is 0 Å². The van der Waals surface area contributed by atoms with Gasteiger partial charge in [0, 0.05) is 23.3 Å². The number of hydrogen-bond donors (Lipinski definition) is 2. The van der Waals surface area contributed by atoms with Crippen LogP contribution in [0.4, 0.5) is 5.69 Å². The molecule has 0 aromatic heterocycles. The van der Waals surface area contributed by atoms with Crippen molar-refractivity contribution in [2.24, 2.45) is 5.73 Å². The number of nitrogen functional groups attached to an aromatic ring is 1. The van der Waals surface area contributed by atoms with Crippen LogP contribution >= 0.6 is 11.6 Å². The summed E-state index contributed by atoms with van der Waals surface area (Å²) in [6.45, 7) is 5.54. The molecule has 1 heterocycles. The van der Waals surface area contributed by atoms with Crippen LogP contribution in [0.1, 0.15) is 32.3 Å². The van der Waals surface area contributed by atoms with E-state index in [9.17, 15) is 0 Å². The van der Waals surface area contributed by atoms with E-state index in [0.717, 1.165) is 12.2 Å². The van der Waals surface area contributed by atoms with Crippen molar-refractivity contribution < 1.29 is 0 Å². The smallest absolute Gasteiger partial charge is 0.124 e. The number of nitrogens with zero attached hydrogens (tertiary/aromatic N) is 1. The highest BCUT2D eigenvalue weighted by molar-refractivity contribution is 6.34. The van der Waals surface area contributed by atoms with E-state index in [1.165, 1.54) is 12.8 Å². The summed E-state index contributed by atoms with van der Waals surface area (Å²) < 4.78 is 0. The lowest BCUT2D eigenvalue weighted by Gasteiger charge is -2.34. The molecule has 3 nitrogen and oxygen atoms in total. The first-order valence-corrected chi connectivity index (χ1v) is 6.21. The van der Waals surface area contributed by atoms with Gasteiger partial charge in [0.15, 0.2) is 0 Å². The van der Waals surface area contributed by atoms with Crippen molar-refractivity contribution in [2.75, 3.05) is 11.4 Å². The SMILES string of the molecule is CC1(C)CCCN1c1ccc(C(=N)N)c(Cl)c1. The third-order valence-corrected chi connectivity index (χ3v) is 3.77. The Hall–Kier alpha value is -1.22. The summed E-state index contributed by atoms with van der Waals surface area (Å²) in [6, 6.07) is 5.73. The van der Waals surface area contributed by atoms with Crippen LogP contribution in [0.15, 0.2) is 18.2 Å². The highest BCUT2D eigenvalue weighted by atomic mass is 35.5. The molecular formula is C13H18ClN3. The number of nitrogens with two attached hydrogens (primary N) is 1. The molecule has 3 N–H and O–H groups in total. The number of anilines is 1. The van der Waals surface area contributed by atoms with Gasteiger partial charge in [0.05, 0.1) is 5.02 Å². The van der Waals surface area contributed by atoms with Gasteiger partial charge in [0.25, 0.3) is 0 Å². The van der Waals surface area contributed by atoms with Crippen LogP contribution in [0.3, 0.4) is 0 Å². The minimum atomic E-state index is 0.0160. The Morgan fingerprint density at radius 3 is 2.65 bits per heavy atom. The van der Waals surface area contributed by atoms with Gasteiger partial charge in [-0.25, -0.2) is 0 Å². The van der Waals surface area contributed by atoms with Gasteiger partial charge in [0.1, 0.15) is 5.84 Å². The topological polar surface area (TPSA) is 53.1 Å². The van der Waals surface area contributed by atoms with Gasteiger partial charge in [0.2, 0.25) is 0 Å². The number of benzene rings is 1. The van der Waals surface area contributed by atoms with E-state index in [-0.39, 0.29) is 11.4 Å². The normalized spacial score (nSPS) is 18.4. The van der Waals surface area contributed by atoms with Crippen molar-refractivity contribution >= 4 is 23.1 Å². The summed E-state index contributed by atoms with van der Waals surface area (Å²) in [7, 11) is 0. The Morgan fingerprint density at radius 1 is 1.47 bits per heavy atom. The third-order valence-electron chi connectivity index (χ3n) is 3.46. The second-order valence-corrected chi connectivity index (χ2v) is 5.55. The monoisotopic (exact) mass is 251 g/mol. The van der Waals surface area contributed by atoms with Crippen LogP contribution in [0.2, 0.25) is 5.02 Å². The largest absolute Gasteiger partial charge is 0.384 e. The Morgan fingerprint density at radius 2 is 2.18 bits per heavy atom. The molecule has 0 amide bonds. The van der Waals surface area contributed by atoms with Crippen LogP contribution in [-0.2, 0) is 0 Å². The number of amidine groups is 1. The highest BCUT2D eigenvalue weighted by Gasteiger charge is 2.32. The van der Waals surface area contributed by atoms with E-state index in [1.54, 1.807) is 0 Å². The predicted molar refractivity (Wildman–Crippen MR) is 73.1 cm³/mol. The Balaban J connectivity index is 2.35. The van der Waals surface area contributed by atoms with Gasteiger partial charge >= 0.3 is 0 Å².